The van der Waals surface area contributed by atoms with Gasteiger partial charge in [0.05, 0.1) is 0 Å². The number of rotatable bonds is 1. The van der Waals surface area contributed by atoms with Gasteiger partial charge in [-0.1, -0.05) is 19.9 Å². The molecule has 20 heavy (non-hydrogen) atoms. The van der Waals surface area contributed by atoms with Gasteiger partial charge in [0.15, 0.2) is 6.20 Å². The van der Waals surface area contributed by atoms with Crippen LogP contribution in [-0.4, -0.2) is 0 Å². The third-order valence-electron chi connectivity index (χ3n) is 4.76. The Morgan fingerprint density at radius 2 is 1.65 bits per heavy atom. The summed E-state index contributed by atoms with van der Waals surface area (Å²) in [6.45, 7) is 9.10. The molecule has 104 valence electrons. The SMILES string of the molecule is Cc1ccc(-c2cc3c(cc2C)C(C)CC3C)[n+](C)c1. The van der Waals surface area contributed by atoms with E-state index < -0.39 is 0 Å². The van der Waals surface area contributed by atoms with Gasteiger partial charge in [0.2, 0.25) is 5.69 Å². The molecule has 2 atom stereocenters. The third kappa shape index (κ3) is 2.06. The molecule has 0 N–H and O–H groups in total. The van der Waals surface area contributed by atoms with Gasteiger partial charge in [0.25, 0.3) is 0 Å². The van der Waals surface area contributed by atoms with Crippen molar-refractivity contribution in [3.8, 4) is 11.3 Å². The monoisotopic (exact) mass is 266 g/mol. The van der Waals surface area contributed by atoms with Crippen LogP contribution >= 0.6 is 0 Å². The predicted molar refractivity (Wildman–Crippen MR) is 84.0 cm³/mol. The van der Waals surface area contributed by atoms with Crippen LogP contribution in [-0.2, 0) is 7.05 Å². The fourth-order valence-corrected chi connectivity index (χ4v) is 3.69. The number of aromatic nitrogens is 1. The van der Waals surface area contributed by atoms with Crippen molar-refractivity contribution in [1.29, 1.82) is 0 Å². The first-order chi connectivity index (χ1) is 9.47. The minimum absolute atomic E-state index is 0.690. The lowest BCUT2D eigenvalue weighted by Gasteiger charge is -2.11. The quantitative estimate of drug-likeness (QED) is 0.673. The Kier molecular flexibility index (Phi) is 3.16. The van der Waals surface area contributed by atoms with Crippen LogP contribution in [0.1, 0.15) is 54.4 Å². The van der Waals surface area contributed by atoms with Crippen molar-refractivity contribution < 1.29 is 4.57 Å². The maximum absolute atomic E-state index is 2.43. The molecular weight excluding hydrogens is 242 g/mol. The zero-order chi connectivity index (χ0) is 14.4. The average Bonchev–Trinajstić information content (AvgIpc) is 2.64. The number of pyridine rings is 1. The molecule has 0 saturated heterocycles. The number of fused-ring (bicyclic) bond motifs is 1. The summed E-state index contributed by atoms with van der Waals surface area (Å²) in [6.07, 6.45) is 3.49. The molecular formula is C19H24N+. The highest BCUT2D eigenvalue weighted by Crippen LogP contribution is 2.43. The molecule has 1 aliphatic carbocycles. The zero-order valence-corrected chi connectivity index (χ0v) is 13.2. The van der Waals surface area contributed by atoms with Gasteiger partial charge in [-0.15, -0.1) is 0 Å². The third-order valence-corrected chi connectivity index (χ3v) is 4.76. The van der Waals surface area contributed by atoms with Crippen LogP contribution in [0.15, 0.2) is 30.5 Å². The molecule has 0 aliphatic heterocycles. The van der Waals surface area contributed by atoms with Crippen LogP contribution in [0, 0.1) is 13.8 Å². The predicted octanol–water partition coefficient (Wildman–Crippen LogP) is 4.41. The van der Waals surface area contributed by atoms with Gasteiger partial charge in [-0.05, 0) is 60.9 Å². The topological polar surface area (TPSA) is 3.88 Å². The first-order valence-electron chi connectivity index (χ1n) is 7.58. The summed E-state index contributed by atoms with van der Waals surface area (Å²) in [6, 6.07) is 9.29. The van der Waals surface area contributed by atoms with Crippen LogP contribution in [0.25, 0.3) is 11.3 Å². The second-order valence-corrected chi connectivity index (χ2v) is 6.54. The summed E-state index contributed by atoms with van der Waals surface area (Å²) >= 11 is 0. The minimum Gasteiger partial charge on any atom is -0.201 e. The van der Waals surface area contributed by atoms with Crippen LogP contribution in [0.4, 0.5) is 0 Å². The highest BCUT2D eigenvalue weighted by atomic mass is 14.9. The number of hydrogen-bond donors (Lipinski definition) is 0. The van der Waals surface area contributed by atoms with Crippen molar-refractivity contribution in [2.24, 2.45) is 7.05 Å². The van der Waals surface area contributed by atoms with Crippen molar-refractivity contribution in [2.45, 2.75) is 46.0 Å². The van der Waals surface area contributed by atoms with E-state index >= 15 is 0 Å². The molecule has 1 nitrogen and oxygen atoms in total. The van der Waals surface area contributed by atoms with Gasteiger partial charge >= 0.3 is 0 Å². The molecule has 1 heteroatoms. The van der Waals surface area contributed by atoms with Crippen molar-refractivity contribution in [1.82, 2.24) is 0 Å². The van der Waals surface area contributed by atoms with Crippen LogP contribution in [0.3, 0.4) is 0 Å². The van der Waals surface area contributed by atoms with Gasteiger partial charge in [-0.3, -0.25) is 0 Å². The summed E-state index contributed by atoms with van der Waals surface area (Å²) in [5.74, 6) is 1.40. The molecule has 2 unspecified atom stereocenters. The molecule has 0 fully saturated rings. The van der Waals surface area contributed by atoms with Crippen molar-refractivity contribution in [3.63, 3.8) is 0 Å². The molecule has 3 rings (SSSR count). The molecule has 2 aromatic rings. The summed E-state index contributed by atoms with van der Waals surface area (Å²) in [7, 11) is 2.14. The summed E-state index contributed by atoms with van der Waals surface area (Å²) in [5, 5.41) is 0. The van der Waals surface area contributed by atoms with E-state index in [0.717, 1.165) is 0 Å². The molecule has 0 amide bonds. The maximum Gasteiger partial charge on any atom is 0.212 e. The Bertz CT molecular complexity index is 670. The number of hydrogen-bond acceptors (Lipinski definition) is 0. The van der Waals surface area contributed by atoms with E-state index in [0.29, 0.717) is 11.8 Å². The van der Waals surface area contributed by atoms with E-state index in [4.69, 9.17) is 0 Å². The number of benzene rings is 1. The number of nitrogens with zero attached hydrogens (tertiary/aromatic N) is 1. The van der Waals surface area contributed by atoms with Gasteiger partial charge < -0.3 is 0 Å². The standard InChI is InChI=1S/C19H24N/c1-12-6-7-19(20(5)11-12)18-10-17-14(3)8-13(2)16(17)9-15(18)4/h6-7,9-11,13-14H,8H2,1-5H3/q+1. The largest absolute Gasteiger partial charge is 0.212 e. The van der Waals surface area contributed by atoms with E-state index in [1.165, 1.54) is 28.8 Å². The molecule has 0 bridgehead atoms. The highest BCUT2D eigenvalue weighted by molar-refractivity contribution is 5.64. The molecule has 0 radical (unpaired) electrons. The zero-order valence-electron chi connectivity index (χ0n) is 13.2. The molecule has 1 aromatic heterocycles. The van der Waals surface area contributed by atoms with Crippen molar-refractivity contribution >= 4 is 0 Å². The van der Waals surface area contributed by atoms with Crippen LogP contribution in [0.5, 0.6) is 0 Å². The lowest BCUT2D eigenvalue weighted by atomic mass is 9.94. The molecule has 1 aliphatic rings. The van der Waals surface area contributed by atoms with Crippen LogP contribution < -0.4 is 4.57 Å². The molecule has 1 heterocycles. The molecule has 0 saturated carbocycles. The highest BCUT2D eigenvalue weighted by Gasteiger charge is 2.27. The molecule has 1 aromatic carbocycles. The van der Waals surface area contributed by atoms with Crippen molar-refractivity contribution in [3.05, 3.63) is 52.7 Å². The maximum atomic E-state index is 2.43. The van der Waals surface area contributed by atoms with Gasteiger partial charge in [-0.2, -0.15) is 0 Å². The Labute approximate surface area is 122 Å². The van der Waals surface area contributed by atoms with Crippen LogP contribution in [0.2, 0.25) is 0 Å². The summed E-state index contributed by atoms with van der Waals surface area (Å²) < 4.78 is 2.24. The Hall–Kier alpha value is -1.63. The van der Waals surface area contributed by atoms with E-state index in [2.05, 4.69) is 69.8 Å². The van der Waals surface area contributed by atoms with E-state index in [1.807, 2.05) is 0 Å². The minimum atomic E-state index is 0.690. The van der Waals surface area contributed by atoms with Gasteiger partial charge in [-0.25, -0.2) is 4.57 Å². The fourth-order valence-electron chi connectivity index (χ4n) is 3.69. The Morgan fingerprint density at radius 1 is 1.00 bits per heavy atom. The lowest BCUT2D eigenvalue weighted by molar-refractivity contribution is -0.660. The fraction of sp³-hybridized carbons (Fsp3) is 0.421. The smallest absolute Gasteiger partial charge is 0.201 e. The van der Waals surface area contributed by atoms with E-state index in [9.17, 15) is 0 Å². The van der Waals surface area contributed by atoms with E-state index in [1.54, 1.807) is 11.1 Å². The summed E-state index contributed by atoms with van der Waals surface area (Å²) in [5.41, 5.74) is 8.50. The first kappa shape index (κ1) is 13.4. The second-order valence-electron chi connectivity index (χ2n) is 6.54. The van der Waals surface area contributed by atoms with Gasteiger partial charge in [0.1, 0.15) is 7.05 Å². The normalized spacial score (nSPS) is 21.1. The number of aryl methyl sites for hydroxylation is 3. The Morgan fingerprint density at radius 3 is 2.30 bits per heavy atom. The summed E-state index contributed by atoms with van der Waals surface area (Å²) in [4.78, 5) is 0. The average molecular weight is 266 g/mol. The van der Waals surface area contributed by atoms with E-state index in [-0.39, 0.29) is 0 Å². The second kappa shape index (κ2) is 4.73. The lowest BCUT2D eigenvalue weighted by Crippen LogP contribution is -2.31. The molecule has 0 spiro atoms. The Balaban J connectivity index is 2.18. The van der Waals surface area contributed by atoms with Gasteiger partial charge in [0, 0.05) is 17.2 Å². The van der Waals surface area contributed by atoms with Crippen molar-refractivity contribution in [2.75, 3.05) is 0 Å². The first-order valence-corrected chi connectivity index (χ1v) is 7.58.